The molecule has 2 heterocycles. The van der Waals surface area contributed by atoms with Gasteiger partial charge in [-0.1, -0.05) is 41.6 Å². The van der Waals surface area contributed by atoms with Crippen LogP contribution >= 0.6 is 23.4 Å². The smallest absolute Gasteiger partial charge is 0.270 e. The number of rotatable bonds is 7. The van der Waals surface area contributed by atoms with Crippen molar-refractivity contribution in [2.45, 2.75) is 18.6 Å². The van der Waals surface area contributed by atoms with E-state index < -0.39 is 4.92 Å². The van der Waals surface area contributed by atoms with Crippen LogP contribution in [0.3, 0.4) is 0 Å². The van der Waals surface area contributed by atoms with Crippen LogP contribution in [0.25, 0.3) is 11.4 Å². The Morgan fingerprint density at radius 2 is 1.88 bits per heavy atom. The average molecular weight is 487 g/mol. The van der Waals surface area contributed by atoms with Crippen LogP contribution in [0.15, 0.2) is 53.7 Å². The third kappa shape index (κ3) is 5.28. The zero-order chi connectivity index (χ0) is 23.4. The van der Waals surface area contributed by atoms with Crippen molar-refractivity contribution in [2.24, 2.45) is 0 Å². The number of carbonyl (C=O) groups excluding carboxylic acids is 1. The SMILES string of the molecule is CCn1c(SCC(=O)N2CCN(c3cccc(Cl)c3)CC2)nnc1-c1cccc([N+](=O)[O-])c1. The van der Waals surface area contributed by atoms with Crippen LogP contribution in [0.4, 0.5) is 11.4 Å². The van der Waals surface area contributed by atoms with Crippen molar-refractivity contribution in [3.8, 4) is 11.4 Å². The summed E-state index contributed by atoms with van der Waals surface area (Å²) in [5.41, 5.74) is 1.68. The number of halogens is 1. The van der Waals surface area contributed by atoms with Crippen molar-refractivity contribution >= 4 is 40.6 Å². The molecule has 1 saturated heterocycles. The second-order valence-corrected chi connectivity index (χ2v) is 8.87. The molecule has 172 valence electrons. The van der Waals surface area contributed by atoms with Gasteiger partial charge in [0.25, 0.3) is 5.69 Å². The lowest BCUT2D eigenvalue weighted by Gasteiger charge is -2.36. The number of hydrogen-bond donors (Lipinski definition) is 0. The summed E-state index contributed by atoms with van der Waals surface area (Å²) in [7, 11) is 0. The van der Waals surface area contributed by atoms with Crippen LogP contribution in [0, 0.1) is 10.1 Å². The first-order chi connectivity index (χ1) is 16.0. The van der Waals surface area contributed by atoms with E-state index in [4.69, 9.17) is 11.6 Å². The van der Waals surface area contributed by atoms with E-state index in [9.17, 15) is 14.9 Å². The molecule has 0 spiro atoms. The quantitative estimate of drug-likeness (QED) is 0.283. The summed E-state index contributed by atoms with van der Waals surface area (Å²) in [5, 5.41) is 20.9. The van der Waals surface area contributed by atoms with E-state index in [1.165, 1.54) is 23.9 Å². The monoisotopic (exact) mass is 486 g/mol. The molecule has 0 N–H and O–H groups in total. The first kappa shape index (κ1) is 23.1. The maximum Gasteiger partial charge on any atom is 0.270 e. The Morgan fingerprint density at radius 3 is 2.58 bits per heavy atom. The normalized spacial score (nSPS) is 13.9. The fraction of sp³-hybridized carbons (Fsp3) is 0.318. The number of anilines is 1. The minimum absolute atomic E-state index is 0.000509. The van der Waals surface area contributed by atoms with Crippen LogP contribution in [0.2, 0.25) is 5.02 Å². The first-order valence-corrected chi connectivity index (χ1v) is 11.9. The van der Waals surface area contributed by atoms with Crippen LogP contribution < -0.4 is 4.90 Å². The number of thioether (sulfide) groups is 1. The predicted octanol–water partition coefficient (Wildman–Crippen LogP) is 3.97. The fourth-order valence-corrected chi connectivity index (χ4v) is 4.85. The number of nitro groups is 1. The van der Waals surface area contributed by atoms with Gasteiger partial charge in [-0.25, -0.2) is 0 Å². The van der Waals surface area contributed by atoms with Crippen LogP contribution in [0.1, 0.15) is 6.92 Å². The summed E-state index contributed by atoms with van der Waals surface area (Å²) in [4.78, 5) is 27.5. The molecule has 1 aromatic heterocycles. The number of nitro benzene ring substituents is 1. The lowest BCUT2D eigenvalue weighted by molar-refractivity contribution is -0.384. The number of hydrogen-bond acceptors (Lipinski definition) is 7. The summed E-state index contributed by atoms with van der Waals surface area (Å²) in [6.45, 7) is 5.32. The third-order valence-electron chi connectivity index (χ3n) is 5.48. The Balaban J connectivity index is 1.37. The number of nitrogens with zero attached hydrogens (tertiary/aromatic N) is 6. The van der Waals surface area contributed by atoms with Gasteiger partial charge < -0.3 is 14.4 Å². The molecule has 1 amide bonds. The molecule has 1 aliphatic heterocycles. The molecule has 0 atom stereocenters. The number of amides is 1. The number of carbonyl (C=O) groups is 1. The van der Waals surface area contributed by atoms with Gasteiger partial charge in [0, 0.05) is 61.1 Å². The van der Waals surface area contributed by atoms with Crippen LogP contribution in [-0.4, -0.2) is 62.4 Å². The summed E-state index contributed by atoms with van der Waals surface area (Å²) < 4.78 is 1.87. The number of piperazine rings is 1. The highest BCUT2D eigenvalue weighted by molar-refractivity contribution is 7.99. The molecule has 0 radical (unpaired) electrons. The van der Waals surface area contributed by atoms with Crippen molar-refractivity contribution in [1.82, 2.24) is 19.7 Å². The topological polar surface area (TPSA) is 97.4 Å². The van der Waals surface area contributed by atoms with Crippen molar-refractivity contribution in [2.75, 3.05) is 36.8 Å². The van der Waals surface area contributed by atoms with Gasteiger partial charge in [-0.15, -0.1) is 10.2 Å². The Labute approximate surface area is 200 Å². The molecule has 9 nitrogen and oxygen atoms in total. The van der Waals surface area contributed by atoms with Gasteiger partial charge >= 0.3 is 0 Å². The number of benzene rings is 2. The molecule has 0 saturated carbocycles. The van der Waals surface area contributed by atoms with Crippen molar-refractivity contribution < 1.29 is 9.72 Å². The van der Waals surface area contributed by atoms with Gasteiger partial charge in [0.2, 0.25) is 5.91 Å². The molecule has 0 bridgehead atoms. The summed E-state index contributed by atoms with van der Waals surface area (Å²) in [6, 6.07) is 14.1. The van der Waals surface area contributed by atoms with Gasteiger partial charge in [0.05, 0.1) is 10.7 Å². The maximum absolute atomic E-state index is 12.8. The second kappa shape index (κ2) is 10.2. The fourth-order valence-electron chi connectivity index (χ4n) is 3.76. The zero-order valence-corrected chi connectivity index (χ0v) is 19.6. The highest BCUT2D eigenvalue weighted by Crippen LogP contribution is 2.27. The Bertz CT molecular complexity index is 1160. The van der Waals surface area contributed by atoms with E-state index in [1.807, 2.05) is 40.7 Å². The van der Waals surface area contributed by atoms with E-state index >= 15 is 0 Å². The Kier molecular flexibility index (Phi) is 7.14. The van der Waals surface area contributed by atoms with Gasteiger partial charge in [-0.05, 0) is 25.1 Å². The van der Waals surface area contributed by atoms with E-state index in [0.717, 1.165) is 18.8 Å². The van der Waals surface area contributed by atoms with Crippen molar-refractivity contribution in [1.29, 1.82) is 0 Å². The summed E-state index contributed by atoms with van der Waals surface area (Å²) >= 11 is 7.42. The molecule has 4 rings (SSSR count). The molecule has 1 fully saturated rings. The highest BCUT2D eigenvalue weighted by atomic mass is 35.5. The molecule has 2 aromatic carbocycles. The minimum Gasteiger partial charge on any atom is -0.368 e. The molecule has 33 heavy (non-hydrogen) atoms. The molecule has 0 aliphatic carbocycles. The zero-order valence-electron chi connectivity index (χ0n) is 18.1. The minimum atomic E-state index is -0.434. The molecular weight excluding hydrogens is 464 g/mol. The summed E-state index contributed by atoms with van der Waals surface area (Å²) in [5.74, 6) is 0.851. The van der Waals surface area contributed by atoms with Crippen molar-refractivity contribution in [3.05, 3.63) is 63.7 Å². The van der Waals surface area contributed by atoms with Gasteiger partial charge in [-0.2, -0.15) is 0 Å². The first-order valence-electron chi connectivity index (χ1n) is 10.6. The summed E-state index contributed by atoms with van der Waals surface area (Å²) in [6.07, 6.45) is 0. The predicted molar refractivity (Wildman–Crippen MR) is 129 cm³/mol. The molecule has 1 aliphatic rings. The third-order valence-corrected chi connectivity index (χ3v) is 6.67. The van der Waals surface area contributed by atoms with E-state index in [0.29, 0.717) is 41.2 Å². The lowest BCUT2D eigenvalue weighted by atomic mass is 10.2. The lowest BCUT2D eigenvalue weighted by Crippen LogP contribution is -2.49. The molecule has 0 unspecified atom stereocenters. The van der Waals surface area contributed by atoms with Gasteiger partial charge in [-0.3, -0.25) is 14.9 Å². The van der Waals surface area contributed by atoms with Crippen molar-refractivity contribution in [3.63, 3.8) is 0 Å². The average Bonchev–Trinajstić information content (AvgIpc) is 3.25. The van der Waals surface area contributed by atoms with E-state index in [-0.39, 0.29) is 17.3 Å². The Hall–Kier alpha value is -3.11. The van der Waals surface area contributed by atoms with Crippen LogP contribution in [-0.2, 0) is 11.3 Å². The van der Waals surface area contributed by atoms with E-state index in [2.05, 4.69) is 15.1 Å². The van der Waals surface area contributed by atoms with E-state index in [1.54, 1.807) is 12.1 Å². The Morgan fingerprint density at radius 1 is 1.12 bits per heavy atom. The second-order valence-electron chi connectivity index (χ2n) is 7.49. The van der Waals surface area contributed by atoms with Gasteiger partial charge in [0.1, 0.15) is 0 Å². The molecular formula is C22H23ClN6O3S. The van der Waals surface area contributed by atoms with Gasteiger partial charge in [0.15, 0.2) is 11.0 Å². The standard InChI is InChI=1S/C22H23ClN6O3S/c1-2-28-21(16-5-3-8-19(13-16)29(31)32)24-25-22(28)33-15-20(30)27-11-9-26(10-12-27)18-7-4-6-17(23)14-18/h3-8,13-14H,2,9-12,15H2,1H3. The number of aromatic nitrogens is 3. The number of non-ortho nitro benzene ring substituents is 1. The van der Waals surface area contributed by atoms with Crippen LogP contribution in [0.5, 0.6) is 0 Å². The largest absolute Gasteiger partial charge is 0.368 e. The highest BCUT2D eigenvalue weighted by Gasteiger charge is 2.23. The maximum atomic E-state index is 12.8. The molecule has 3 aromatic rings. The molecule has 11 heteroatoms.